The van der Waals surface area contributed by atoms with Gasteiger partial charge in [-0.1, -0.05) is 61.4 Å². The van der Waals surface area contributed by atoms with E-state index in [1.807, 2.05) is 70.2 Å². The third kappa shape index (κ3) is 8.08. The van der Waals surface area contributed by atoms with Gasteiger partial charge in [0.05, 0.1) is 6.61 Å². The Kier molecular flexibility index (Phi) is 10.1. The first-order valence-corrected chi connectivity index (χ1v) is 11.3. The number of benzene rings is 2. The van der Waals surface area contributed by atoms with Gasteiger partial charge >= 0.3 is 0 Å². The summed E-state index contributed by atoms with van der Waals surface area (Å²) in [5, 5.41) is 2.95. The molecule has 2 aromatic carbocycles. The molecule has 0 saturated carbocycles. The second kappa shape index (κ2) is 12.8. The molecule has 0 aromatic heterocycles. The number of ether oxygens (including phenoxy) is 1. The Labute approximate surface area is 186 Å². The minimum Gasteiger partial charge on any atom is -0.494 e. The minimum atomic E-state index is -0.474. The largest absolute Gasteiger partial charge is 0.494 e. The molecule has 0 aliphatic heterocycles. The second-order valence-corrected chi connectivity index (χ2v) is 7.99. The molecular formula is C26H36N2O3. The number of rotatable bonds is 12. The zero-order valence-electron chi connectivity index (χ0n) is 19.3. The highest BCUT2D eigenvalue weighted by Gasteiger charge is 2.28. The highest BCUT2D eigenvalue weighted by atomic mass is 16.5. The average Bonchev–Trinajstić information content (AvgIpc) is 2.76. The summed E-state index contributed by atoms with van der Waals surface area (Å²) in [6.45, 7) is 9.54. The first-order valence-electron chi connectivity index (χ1n) is 11.3. The standard InChI is InChI=1S/C26H36N2O3/c1-5-16-27-26(30)24(6-2)28(19-22-10-7-9-21(4)18-22)25(29)11-8-17-31-23-14-12-20(3)13-15-23/h7,9-10,12-15,18,24H,5-6,8,11,16-17,19H2,1-4H3,(H,27,30). The minimum absolute atomic E-state index is 0.0208. The molecule has 0 spiro atoms. The van der Waals surface area contributed by atoms with Crippen molar-refractivity contribution in [3.05, 3.63) is 65.2 Å². The molecule has 1 unspecified atom stereocenters. The molecule has 5 heteroatoms. The Morgan fingerprint density at radius 1 is 1.03 bits per heavy atom. The fourth-order valence-electron chi connectivity index (χ4n) is 3.48. The third-order valence-electron chi connectivity index (χ3n) is 5.20. The van der Waals surface area contributed by atoms with Crippen molar-refractivity contribution in [2.45, 2.75) is 66.0 Å². The molecule has 168 valence electrons. The number of hydrogen-bond acceptors (Lipinski definition) is 3. The van der Waals surface area contributed by atoms with Crippen LogP contribution in [0.1, 0.15) is 56.2 Å². The first kappa shape index (κ1) is 24.4. The highest BCUT2D eigenvalue weighted by molar-refractivity contribution is 5.87. The van der Waals surface area contributed by atoms with Gasteiger partial charge in [-0.05, 0) is 50.8 Å². The normalized spacial score (nSPS) is 11.6. The molecule has 0 radical (unpaired) electrons. The number of hydrogen-bond donors (Lipinski definition) is 1. The van der Waals surface area contributed by atoms with Crippen molar-refractivity contribution in [2.75, 3.05) is 13.2 Å². The number of carbonyl (C=O) groups excluding carboxylic acids is 2. The zero-order valence-corrected chi connectivity index (χ0v) is 19.3. The van der Waals surface area contributed by atoms with Crippen molar-refractivity contribution >= 4 is 11.8 Å². The molecule has 0 aliphatic carbocycles. The summed E-state index contributed by atoms with van der Waals surface area (Å²) in [7, 11) is 0. The lowest BCUT2D eigenvalue weighted by Gasteiger charge is -2.31. The van der Waals surface area contributed by atoms with Crippen LogP contribution in [0, 0.1) is 13.8 Å². The summed E-state index contributed by atoms with van der Waals surface area (Å²) in [5.41, 5.74) is 3.35. The molecule has 0 bridgehead atoms. The van der Waals surface area contributed by atoms with E-state index in [9.17, 15) is 9.59 Å². The molecule has 31 heavy (non-hydrogen) atoms. The van der Waals surface area contributed by atoms with Crippen molar-refractivity contribution < 1.29 is 14.3 Å². The zero-order chi connectivity index (χ0) is 22.6. The fourth-order valence-corrected chi connectivity index (χ4v) is 3.48. The van der Waals surface area contributed by atoms with E-state index in [4.69, 9.17) is 4.74 Å². The van der Waals surface area contributed by atoms with Gasteiger partial charge in [-0.2, -0.15) is 0 Å². The first-order chi connectivity index (χ1) is 14.9. The Bertz CT molecular complexity index is 833. The molecule has 1 atom stereocenters. The number of amides is 2. The molecule has 0 aliphatic rings. The van der Waals surface area contributed by atoms with Crippen LogP contribution in [0.3, 0.4) is 0 Å². The van der Waals surface area contributed by atoms with Gasteiger partial charge in [0, 0.05) is 19.5 Å². The van der Waals surface area contributed by atoms with Gasteiger partial charge < -0.3 is 15.0 Å². The van der Waals surface area contributed by atoms with Crippen LogP contribution in [0.2, 0.25) is 0 Å². The second-order valence-electron chi connectivity index (χ2n) is 7.99. The lowest BCUT2D eigenvalue weighted by Crippen LogP contribution is -2.49. The lowest BCUT2D eigenvalue weighted by molar-refractivity contribution is -0.141. The van der Waals surface area contributed by atoms with Crippen molar-refractivity contribution in [1.29, 1.82) is 0 Å². The molecule has 0 heterocycles. The van der Waals surface area contributed by atoms with Crippen LogP contribution in [-0.4, -0.2) is 35.9 Å². The topological polar surface area (TPSA) is 58.6 Å². The van der Waals surface area contributed by atoms with E-state index in [2.05, 4.69) is 11.4 Å². The Hall–Kier alpha value is -2.82. The van der Waals surface area contributed by atoms with Crippen LogP contribution in [-0.2, 0) is 16.1 Å². The molecule has 0 saturated heterocycles. The fraction of sp³-hybridized carbons (Fsp3) is 0.462. The van der Waals surface area contributed by atoms with Gasteiger partial charge in [0.2, 0.25) is 11.8 Å². The maximum atomic E-state index is 13.2. The van der Waals surface area contributed by atoms with Crippen molar-refractivity contribution in [3.8, 4) is 5.75 Å². The lowest BCUT2D eigenvalue weighted by atomic mass is 10.1. The van der Waals surface area contributed by atoms with E-state index < -0.39 is 6.04 Å². The molecule has 2 aromatic rings. The number of nitrogens with one attached hydrogen (secondary N) is 1. The quantitative estimate of drug-likeness (QED) is 0.498. The molecular weight excluding hydrogens is 388 g/mol. The van der Waals surface area contributed by atoms with Gasteiger partial charge in [0.15, 0.2) is 0 Å². The van der Waals surface area contributed by atoms with Crippen molar-refractivity contribution in [1.82, 2.24) is 10.2 Å². The van der Waals surface area contributed by atoms with E-state index in [1.165, 1.54) is 5.56 Å². The third-order valence-corrected chi connectivity index (χ3v) is 5.20. The summed E-state index contributed by atoms with van der Waals surface area (Å²) in [5.74, 6) is 0.703. The highest BCUT2D eigenvalue weighted by Crippen LogP contribution is 2.16. The maximum Gasteiger partial charge on any atom is 0.242 e. The molecule has 1 N–H and O–H groups in total. The van der Waals surface area contributed by atoms with E-state index in [0.29, 0.717) is 39.0 Å². The van der Waals surface area contributed by atoms with Gasteiger partial charge in [-0.3, -0.25) is 9.59 Å². The number of nitrogens with zero attached hydrogens (tertiary/aromatic N) is 1. The average molecular weight is 425 g/mol. The SMILES string of the molecule is CCCNC(=O)C(CC)N(Cc1cccc(C)c1)C(=O)CCCOc1ccc(C)cc1. The Balaban J connectivity index is 2.03. The molecule has 5 nitrogen and oxygen atoms in total. The summed E-state index contributed by atoms with van der Waals surface area (Å²) < 4.78 is 5.76. The van der Waals surface area contributed by atoms with Crippen LogP contribution >= 0.6 is 0 Å². The smallest absolute Gasteiger partial charge is 0.242 e. The maximum absolute atomic E-state index is 13.2. The molecule has 0 fully saturated rings. The van der Waals surface area contributed by atoms with E-state index in [-0.39, 0.29) is 11.8 Å². The van der Waals surface area contributed by atoms with Crippen LogP contribution < -0.4 is 10.1 Å². The number of aryl methyl sites for hydroxylation is 2. The number of carbonyl (C=O) groups is 2. The summed E-state index contributed by atoms with van der Waals surface area (Å²) in [4.78, 5) is 27.6. The predicted octanol–water partition coefficient (Wildman–Crippen LogP) is 4.80. The van der Waals surface area contributed by atoms with Gasteiger partial charge in [0.25, 0.3) is 0 Å². The van der Waals surface area contributed by atoms with Crippen LogP contribution in [0.4, 0.5) is 0 Å². The van der Waals surface area contributed by atoms with Gasteiger partial charge in [-0.15, -0.1) is 0 Å². The van der Waals surface area contributed by atoms with Crippen molar-refractivity contribution in [3.63, 3.8) is 0 Å². The predicted molar refractivity (Wildman–Crippen MR) is 125 cm³/mol. The Morgan fingerprint density at radius 3 is 2.42 bits per heavy atom. The summed E-state index contributed by atoms with van der Waals surface area (Å²) >= 11 is 0. The molecule has 2 rings (SSSR count). The van der Waals surface area contributed by atoms with Crippen LogP contribution in [0.5, 0.6) is 5.75 Å². The molecule has 2 amide bonds. The van der Waals surface area contributed by atoms with E-state index in [0.717, 1.165) is 23.3 Å². The monoisotopic (exact) mass is 424 g/mol. The van der Waals surface area contributed by atoms with Gasteiger partial charge in [-0.25, -0.2) is 0 Å². The van der Waals surface area contributed by atoms with Crippen molar-refractivity contribution in [2.24, 2.45) is 0 Å². The van der Waals surface area contributed by atoms with Crippen LogP contribution in [0.15, 0.2) is 48.5 Å². The van der Waals surface area contributed by atoms with E-state index in [1.54, 1.807) is 4.90 Å². The summed E-state index contributed by atoms with van der Waals surface area (Å²) in [6, 6.07) is 15.5. The summed E-state index contributed by atoms with van der Waals surface area (Å²) in [6.07, 6.45) is 2.39. The van der Waals surface area contributed by atoms with E-state index >= 15 is 0 Å². The van der Waals surface area contributed by atoms with Crippen LogP contribution in [0.25, 0.3) is 0 Å². The Morgan fingerprint density at radius 2 is 1.77 bits per heavy atom. The van der Waals surface area contributed by atoms with Gasteiger partial charge in [0.1, 0.15) is 11.8 Å².